The highest BCUT2D eigenvalue weighted by atomic mass is 15.5. The quantitative estimate of drug-likeness (QED) is 0.840. The van der Waals surface area contributed by atoms with Gasteiger partial charge in [0.15, 0.2) is 5.82 Å². The molecule has 0 aliphatic rings. The van der Waals surface area contributed by atoms with Crippen molar-refractivity contribution >= 4 is 0 Å². The summed E-state index contributed by atoms with van der Waals surface area (Å²) in [6, 6.07) is 8.22. The molecule has 0 amide bonds. The van der Waals surface area contributed by atoms with Crippen LogP contribution in [-0.2, 0) is 0 Å². The van der Waals surface area contributed by atoms with Crippen molar-refractivity contribution in [2.24, 2.45) is 0 Å². The largest absolute Gasteiger partial charge is 0.311 e. The van der Waals surface area contributed by atoms with Crippen LogP contribution in [-0.4, -0.2) is 27.3 Å². The Kier molecular flexibility index (Phi) is 2.96. The van der Waals surface area contributed by atoms with Crippen LogP contribution in [0.25, 0.3) is 5.69 Å². The van der Waals surface area contributed by atoms with Gasteiger partial charge in [-0.1, -0.05) is 12.1 Å². The second kappa shape index (κ2) is 4.40. The van der Waals surface area contributed by atoms with Crippen molar-refractivity contribution in [3.05, 3.63) is 35.7 Å². The van der Waals surface area contributed by atoms with Gasteiger partial charge in [-0.3, -0.25) is 0 Å². The van der Waals surface area contributed by atoms with Gasteiger partial charge in [0.05, 0.1) is 11.7 Å². The SMILES string of the molecule is CNC(C)c1nnnn1-c1cccc(C)c1. The molecule has 0 aliphatic heterocycles. The standard InChI is InChI=1S/C11H15N5/c1-8-5-4-6-10(7-8)16-11(9(2)12-3)13-14-15-16/h4-7,9,12H,1-3H3. The number of hydrogen-bond donors (Lipinski definition) is 1. The van der Waals surface area contributed by atoms with Crippen LogP contribution in [0.4, 0.5) is 0 Å². The van der Waals surface area contributed by atoms with Gasteiger partial charge in [-0.05, 0) is 49.0 Å². The fourth-order valence-electron chi connectivity index (χ4n) is 1.54. The van der Waals surface area contributed by atoms with E-state index in [1.165, 1.54) is 5.56 Å². The van der Waals surface area contributed by atoms with E-state index in [0.717, 1.165) is 11.5 Å². The Labute approximate surface area is 94.5 Å². The zero-order valence-corrected chi connectivity index (χ0v) is 9.68. The minimum atomic E-state index is 0.121. The average Bonchev–Trinajstić information content (AvgIpc) is 2.77. The summed E-state index contributed by atoms with van der Waals surface area (Å²) in [5, 5.41) is 14.9. The smallest absolute Gasteiger partial charge is 0.173 e. The molecule has 0 aliphatic carbocycles. The lowest BCUT2D eigenvalue weighted by Gasteiger charge is -2.10. The maximum atomic E-state index is 4.03. The van der Waals surface area contributed by atoms with Crippen LogP contribution >= 0.6 is 0 Å². The molecule has 0 saturated carbocycles. The van der Waals surface area contributed by atoms with Crippen LogP contribution in [0.3, 0.4) is 0 Å². The van der Waals surface area contributed by atoms with Crippen LogP contribution in [0.1, 0.15) is 24.4 Å². The summed E-state index contributed by atoms with van der Waals surface area (Å²) in [5.74, 6) is 0.813. The van der Waals surface area contributed by atoms with Gasteiger partial charge in [-0.2, -0.15) is 4.68 Å². The second-order valence-corrected chi connectivity index (χ2v) is 3.80. The van der Waals surface area contributed by atoms with Crippen LogP contribution in [0.2, 0.25) is 0 Å². The van der Waals surface area contributed by atoms with Gasteiger partial charge >= 0.3 is 0 Å². The van der Waals surface area contributed by atoms with Gasteiger partial charge < -0.3 is 5.32 Å². The van der Waals surface area contributed by atoms with E-state index in [0.29, 0.717) is 0 Å². The number of tetrazole rings is 1. The molecule has 0 bridgehead atoms. The number of aryl methyl sites for hydroxylation is 1. The molecule has 1 aromatic heterocycles. The highest BCUT2D eigenvalue weighted by molar-refractivity contribution is 5.35. The third kappa shape index (κ3) is 1.94. The average molecular weight is 217 g/mol. The fourth-order valence-corrected chi connectivity index (χ4v) is 1.54. The van der Waals surface area contributed by atoms with E-state index in [2.05, 4.69) is 39.9 Å². The number of nitrogens with one attached hydrogen (secondary N) is 1. The van der Waals surface area contributed by atoms with Crippen molar-refractivity contribution in [3.63, 3.8) is 0 Å². The Morgan fingerprint density at radius 3 is 2.88 bits per heavy atom. The summed E-state index contributed by atoms with van der Waals surface area (Å²) < 4.78 is 1.76. The predicted octanol–water partition coefficient (Wildman–Crippen LogP) is 1.25. The van der Waals surface area contributed by atoms with Gasteiger partial charge in [0, 0.05) is 0 Å². The lowest BCUT2D eigenvalue weighted by Crippen LogP contribution is -2.17. The molecule has 5 nitrogen and oxygen atoms in total. The van der Waals surface area contributed by atoms with Crippen LogP contribution < -0.4 is 5.32 Å². The van der Waals surface area contributed by atoms with Crippen LogP contribution in [0.15, 0.2) is 24.3 Å². The van der Waals surface area contributed by atoms with E-state index in [4.69, 9.17) is 0 Å². The second-order valence-electron chi connectivity index (χ2n) is 3.80. The molecular formula is C11H15N5. The lowest BCUT2D eigenvalue weighted by atomic mass is 10.2. The minimum absolute atomic E-state index is 0.121. The van der Waals surface area contributed by atoms with Gasteiger partial charge in [0.2, 0.25) is 0 Å². The number of nitrogens with zero attached hydrogens (tertiary/aromatic N) is 4. The maximum Gasteiger partial charge on any atom is 0.173 e. The zero-order valence-electron chi connectivity index (χ0n) is 9.68. The molecule has 16 heavy (non-hydrogen) atoms. The summed E-state index contributed by atoms with van der Waals surface area (Å²) in [7, 11) is 1.89. The zero-order chi connectivity index (χ0) is 11.5. The summed E-state index contributed by atoms with van der Waals surface area (Å²) >= 11 is 0. The number of benzene rings is 1. The molecule has 1 atom stereocenters. The molecule has 0 spiro atoms. The number of hydrogen-bond acceptors (Lipinski definition) is 4. The highest BCUT2D eigenvalue weighted by Crippen LogP contribution is 2.14. The highest BCUT2D eigenvalue weighted by Gasteiger charge is 2.13. The normalized spacial score (nSPS) is 12.7. The summed E-state index contributed by atoms with van der Waals surface area (Å²) in [6.45, 7) is 4.08. The van der Waals surface area contributed by atoms with E-state index in [9.17, 15) is 0 Å². The Hall–Kier alpha value is -1.75. The first kappa shape index (κ1) is 10.8. The van der Waals surface area contributed by atoms with E-state index in [-0.39, 0.29) is 6.04 Å². The van der Waals surface area contributed by atoms with E-state index >= 15 is 0 Å². The van der Waals surface area contributed by atoms with Gasteiger partial charge in [0.1, 0.15) is 0 Å². The molecule has 2 aromatic rings. The monoisotopic (exact) mass is 217 g/mol. The third-order valence-electron chi connectivity index (χ3n) is 2.56. The Bertz CT molecular complexity index is 477. The fraction of sp³-hybridized carbons (Fsp3) is 0.364. The Balaban J connectivity index is 2.44. The van der Waals surface area contributed by atoms with Crippen molar-refractivity contribution in [2.75, 3.05) is 7.05 Å². The Morgan fingerprint density at radius 2 is 2.19 bits per heavy atom. The first-order valence-electron chi connectivity index (χ1n) is 5.25. The molecule has 1 N–H and O–H groups in total. The lowest BCUT2D eigenvalue weighted by molar-refractivity contribution is 0.588. The van der Waals surface area contributed by atoms with Crippen molar-refractivity contribution in [1.29, 1.82) is 0 Å². The summed E-state index contributed by atoms with van der Waals surface area (Å²) in [4.78, 5) is 0. The number of rotatable bonds is 3. The van der Waals surface area contributed by atoms with Gasteiger partial charge in [0.25, 0.3) is 0 Å². The molecule has 0 fully saturated rings. The first-order valence-corrected chi connectivity index (χ1v) is 5.25. The van der Waals surface area contributed by atoms with Gasteiger partial charge in [-0.25, -0.2) is 0 Å². The predicted molar refractivity (Wildman–Crippen MR) is 61.4 cm³/mol. The van der Waals surface area contributed by atoms with E-state index < -0.39 is 0 Å². The molecule has 0 saturated heterocycles. The van der Waals surface area contributed by atoms with Crippen molar-refractivity contribution in [1.82, 2.24) is 25.5 Å². The molecule has 1 unspecified atom stereocenters. The van der Waals surface area contributed by atoms with Gasteiger partial charge in [-0.15, -0.1) is 5.10 Å². The van der Waals surface area contributed by atoms with Crippen molar-refractivity contribution in [3.8, 4) is 5.69 Å². The van der Waals surface area contributed by atoms with Crippen molar-refractivity contribution in [2.45, 2.75) is 19.9 Å². The topological polar surface area (TPSA) is 55.6 Å². The maximum absolute atomic E-state index is 4.03. The molecular weight excluding hydrogens is 202 g/mol. The number of aromatic nitrogens is 4. The van der Waals surface area contributed by atoms with E-state index in [1.807, 2.05) is 26.1 Å². The molecule has 1 heterocycles. The van der Waals surface area contributed by atoms with Crippen LogP contribution in [0.5, 0.6) is 0 Å². The molecule has 2 rings (SSSR count). The Morgan fingerprint density at radius 1 is 1.38 bits per heavy atom. The summed E-state index contributed by atoms with van der Waals surface area (Å²) in [5.41, 5.74) is 2.18. The van der Waals surface area contributed by atoms with Crippen molar-refractivity contribution < 1.29 is 0 Å². The molecule has 84 valence electrons. The van der Waals surface area contributed by atoms with Crippen LogP contribution in [0, 0.1) is 6.92 Å². The minimum Gasteiger partial charge on any atom is -0.311 e. The van der Waals surface area contributed by atoms with E-state index in [1.54, 1.807) is 4.68 Å². The third-order valence-corrected chi connectivity index (χ3v) is 2.56. The molecule has 1 aromatic carbocycles. The molecule has 5 heteroatoms. The summed E-state index contributed by atoms with van der Waals surface area (Å²) in [6.07, 6.45) is 0. The first-order chi connectivity index (χ1) is 7.72. The molecule has 0 radical (unpaired) electrons.